The number of nitrogens with one attached hydrogen (secondary N) is 1. The molecule has 0 aliphatic carbocycles. The molecule has 0 spiro atoms. The highest BCUT2D eigenvalue weighted by molar-refractivity contribution is 7.15. The van der Waals surface area contributed by atoms with Crippen molar-refractivity contribution in [3.63, 3.8) is 0 Å². The molecule has 3 unspecified atom stereocenters. The van der Waals surface area contributed by atoms with Crippen LogP contribution < -0.4 is 5.32 Å². The summed E-state index contributed by atoms with van der Waals surface area (Å²) in [5.74, 6) is -0.395. The summed E-state index contributed by atoms with van der Waals surface area (Å²) in [5.41, 5.74) is 0. The summed E-state index contributed by atoms with van der Waals surface area (Å²) >= 11 is 0.323. The van der Waals surface area contributed by atoms with Gasteiger partial charge < -0.3 is 4.74 Å². The number of carbonyl (C=O) groups is 1. The summed E-state index contributed by atoms with van der Waals surface area (Å²) in [5, 5.41) is 7.73. The fraction of sp³-hybridized carbons (Fsp3) is 0.786. The van der Waals surface area contributed by atoms with E-state index in [4.69, 9.17) is 4.74 Å². The summed E-state index contributed by atoms with van der Waals surface area (Å²) < 4.78 is 43.4. The van der Waals surface area contributed by atoms with Gasteiger partial charge >= 0.3 is 6.18 Å². The van der Waals surface area contributed by atoms with Gasteiger partial charge in [0.05, 0.1) is 18.2 Å². The molecule has 6 nitrogen and oxygen atoms in total. The number of halogens is 3. The van der Waals surface area contributed by atoms with E-state index in [0.29, 0.717) is 24.4 Å². The van der Waals surface area contributed by atoms with E-state index in [2.05, 4.69) is 15.5 Å². The molecule has 3 atom stereocenters. The molecule has 0 bridgehead atoms. The Balaban J connectivity index is 2.10. The van der Waals surface area contributed by atoms with Crippen LogP contribution in [-0.4, -0.2) is 52.3 Å². The fourth-order valence-corrected chi connectivity index (χ4v) is 3.52. The van der Waals surface area contributed by atoms with Crippen LogP contribution in [0.1, 0.15) is 32.7 Å². The zero-order valence-corrected chi connectivity index (χ0v) is 14.7. The maximum absolute atomic E-state index is 12.6. The van der Waals surface area contributed by atoms with Crippen molar-refractivity contribution in [1.29, 1.82) is 0 Å². The molecule has 1 aromatic heterocycles. The molecule has 1 N–H and O–H groups in total. The first-order chi connectivity index (χ1) is 11.1. The standard InChI is InChI=1S/C14H21F3N4O2S/c1-7(2)10(21-5-8(3)23-9(4)6-21)11(22)18-13-20-19-12(24-13)14(15,16)17/h7-10H,5-6H2,1-4H3,(H,18,20,22). The Morgan fingerprint density at radius 2 is 1.88 bits per heavy atom. The third-order valence-corrected chi connectivity index (χ3v) is 4.52. The van der Waals surface area contributed by atoms with Gasteiger partial charge in [-0.15, -0.1) is 10.2 Å². The zero-order valence-electron chi connectivity index (χ0n) is 13.9. The minimum atomic E-state index is -4.56. The molecule has 136 valence electrons. The number of carbonyl (C=O) groups excluding carboxylic acids is 1. The van der Waals surface area contributed by atoms with E-state index in [1.54, 1.807) is 0 Å². The highest BCUT2D eigenvalue weighted by Crippen LogP contribution is 2.33. The summed E-state index contributed by atoms with van der Waals surface area (Å²) in [6.45, 7) is 8.83. The minimum Gasteiger partial charge on any atom is -0.373 e. The number of ether oxygens (including phenoxy) is 1. The first-order valence-electron chi connectivity index (χ1n) is 7.69. The SMILES string of the molecule is CC1CN(C(C(=O)Nc2nnc(C(F)(F)F)s2)C(C)C)CC(C)O1. The molecule has 0 saturated carbocycles. The second kappa shape index (κ2) is 7.32. The van der Waals surface area contributed by atoms with Crippen LogP contribution in [0.5, 0.6) is 0 Å². The molecule has 10 heteroatoms. The number of anilines is 1. The van der Waals surface area contributed by atoms with Crippen molar-refractivity contribution in [1.82, 2.24) is 15.1 Å². The largest absolute Gasteiger partial charge is 0.445 e. The third-order valence-electron chi connectivity index (χ3n) is 3.64. The Bertz CT molecular complexity index is 569. The lowest BCUT2D eigenvalue weighted by Crippen LogP contribution is -2.55. The van der Waals surface area contributed by atoms with Gasteiger partial charge in [-0.2, -0.15) is 13.2 Å². The van der Waals surface area contributed by atoms with Crippen molar-refractivity contribution < 1.29 is 22.7 Å². The van der Waals surface area contributed by atoms with Crippen molar-refractivity contribution in [3.05, 3.63) is 5.01 Å². The van der Waals surface area contributed by atoms with Gasteiger partial charge in [-0.1, -0.05) is 25.2 Å². The van der Waals surface area contributed by atoms with Crippen LogP contribution in [0, 0.1) is 5.92 Å². The average molecular weight is 366 g/mol. The number of nitrogens with zero attached hydrogens (tertiary/aromatic N) is 3. The van der Waals surface area contributed by atoms with Gasteiger partial charge in [0, 0.05) is 13.1 Å². The van der Waals surface area contributed by atoms with E-state index in [1.807, 2.05) is 32.6 Å². The van der Waals surface area contributed by atoms with E-state index >= 15 is 0 Å². The summed E-state index contributed by atoms with van der Waals surface area (Å²) in [7, 11) is 0. The van der Waals surface area contributed by atoms with Gasteiger partial charge in [-0.05, 0) is 19.8 Å². The number of morpholine rings is 1. The van der Waals surface area contributed by atoms with Crippen LogP contribution >= 0.6 is 11.3 Å². The second-order valence-electron chi connectivity index (χ2n) is 6.30. The predicted octanol–water partition coefficient (Wildman–Crippen LogP) is 2.63. The smallest absolute Gasteiger partial charge is 0.373 e. The van der Waals surface area contributed by atoms with Gasteiger partial charge in [0.2, 0.25) is 16.0 Å². The van der Waals surface area contributed by atoms with Crippen molar-refractivity contribution in [2.45, 2.75) is 52.1 Å². The first-order valence-corrected chi connectivity index (χ1v) is 8.50. The predicted molar refractivity (Wildman–Crippen MR) is 83.7 cm³/mol. The Labute approximate surface area is 142 Å². The van der Waals surface area contributed by atoms with Crippen LogP contribution in [0.2, 0.25) is 0 Å². The van der Waals surface area contributed by atoms with Crippen molar-refractivity contribution in [3.8, 4) is 0 Å². The van der Waals surface area contributed by atoms with E-state index in [0.717, 1.165) is 0 Å². The molecule has 1 fully saturated rings. The summed E-state index contributed by atoms with van der Waals surface area (Å²) in [4.78, 5) is 14.6. The molecule has 1 aliphatic rings. The van der Waals surface area contributed by atoms with Gasteiger partial charge in [-0.3, -0.25) is 15.0 Å². The Morgan fingerprint density at radius 1 is 1.29 bits per heavy atom. The molecule has 2 heterocycles. The molecule has 1 amide bonds. The second-order valence-corrected chi connectivity index (χ2v) is 7.28. The summed E-state index contributed by atoms with van der Waals surface area (Å²) in [6.07, 6.45) is -4.59. The van der Waals surface area contributed by atoms with Crippen LogP contribution in [0.25, 0.3) is 0 Å². The first kappa shape index (κ1) is 19.1. The number of hydrogen-bond donors (Lipinski definition) is 1. The number of amides is 1. The normalized spacial score (nSPS) is 24.2. The van der Waals surface area contributed by atoms with Crippen molar-refractivity contribution in [2.24, 2.45) is 5.92 Å². The van der Waals surface area contributed by atoms with E-state index in [-0.39, 0.29) is 29.2 Å². The summed E-state index contributed by atoms with van der Waals surface area (Å²) in [6, 6.07) is -0.475. The molecule has 1 saturated heterocycles. The van der Waals surface area contributed by atoms with Crippen LogP contribution in [0.15, 0.2) is 0 Å². The van der Waals surface area contributed by atoms with Gasteiger partial charge in [0.1, 0.15) is 0 Å². The average Bonchev–Trinajstić information content (AvgIpc) is 2.85. The molecule has 0 radical (unpaired) electrons. The number of aromatic nitrogens is 2. The molecular formula is C14H21F3N4O2S. The highest BCUT2D eigenvalue weighted by Gasteiger charge is 2.37. The van der Waals surface area contributed by atoms with Crippen LogP contribution in [-0.2, 0) is 15.7 Å². The number of hydrogen-bond acceptors (Lipinski definition) is 6. The molecule has 2 rings (SSSR count). The lowest BCUT2D eigenvalue weighted by molar-refractivity contribution is -0.138. The zero-order chi connectivity index (χ0) is 18.1. The molecule has 24 heavy (non-hydrogen) atoms. The van der Waals surface area contributed by atoms with E-state index in [1.165, 1.54) is 0 Å². The van der Waals surface area contributed by atoms with Gasteiger partial charge in [-0.25, -0.2) is 0 Å². The highest BCUT2D eigenvalue weighted by atomic mass is 32.1. The quantitative estimate of drug-likeness (QED) is 0.887. The monoisotopic (exact) mass is 366 g/mol. The fourth-order valence-electron chi connectivity index (χ4n) is 2.90. The Kier molecular flexibility index (Phi) is 5.82. The topological polar surface area (TPSA) is 67.4 Å². The molecule has 1 aromatic rings. The molecule has 1 aliphatic heterocycles. The van der Waals surface area contributed by atoms with Gasteiger partial charge in [0.15, 0.2) is 0 Å². The van der Waals surface area contributed by atoms with Crippen LogP contribution in [0.3, 0.4) is 0 Å². The number of rotatable bonds is 4. The van der Waals surface area contributed by atoms with Crippen molar-refractivity contribution >= 4 is 22.4 Å². The third kappa shape index (κ3) is 4.64. The lowest BCUT2D eigenvalue weighted by atomic mass is 10.00. The van der Waals surface area contributed by atoms with Crippen molar-refractivity contribution in [2.75, 3.05) is 18.4 Å². The minimum absolute atomic E-state index is 0.0128. The molecular weight excluding hydrogens is 345 g/mol. The van der Waals surface area contributed by atoms with E-state index < -0.39 is 17.2 Å². The Morgan fingerprint density at radius 3 is 2.33 bits per heavy atom. The van der Waals surface area contributed by atoms with E-state index in [9.17, 15) is 18.0 Å². The molecule has 0 aromatic carbocycles. The number of alkyl halides is 3. The lowest BCUT2D eigenvalue weighted by Gasteiger charge is -2.40. The van der Waals surface area contributed by atoms with Gasteiger partial charge in [0.25, 0.3) is 0 Å². The maximum Gasteiger partial charge on any atom is 0.445 e. The van der Waals surface area contributed by atoms with Crippen LogP contribution in [0.4, 0.5) is 18.3 Å². The Hall–Kier alpha value is -1.26. The maximum atomic E-state index is 12.6.